The zero-order chi connectivity index (χ0) is 13.2. The molecule has 17 heavy (non-hydrogen) atoms. The Morgan fingerprint density at radius 3 is 2.35 bits per heavy atom. The van der Waals surface area contributed by atoms with Crippen LogP contribution < -0.4 is 0 Å². The van der Waals surface area contributed by atoms with Gasteiger partial charge in [-0.15, -0.1) is 0 Å². The third-order valence-corrected chi connectivity index (χ3v) is 2.43. The van der Waals surface area contributed by atoms with E-state index in [0.717, 1.165) is 4.90 Å². The average Bonchev–Trinajstić information content (AvgIpc) is 2.56. The van der Waals surface area contributed by atoms with Crippen LogP contribution in [0.4, 0.5) is 4.79 Å². The predicted molar refractivity (Wildman–Crippen MR) is 59.1 cm³/mol. The van der Waals surface area contributed by atoms with Crippen molar-refractivity contribution in [3.05, 3.63) is 0 Å². The van der Waals surface area contributed by atoms with Crippen molar-refractivity contribution in [1.82, 2.24) is 4.90 Å². The maximum Gasteiger partial charge on any atom is 0.413 e. The normalized spacial score (nSPS) is 24.6. The summed E-state index contributed by atoms with van der Waals surface area (Å²) in [4.78, 5) is 24.3. The maximum atomic E-state index is 11.8. The lowest BCUT2D eigenvalue weighted by Gasteiger charge is -2.29. The van der Waals surface area contributed by atoms with E-state index in [2.05, 4.69) is 4.74 Å². The first-order valence-electron chi connectivity index (χ1n) is 5.53. The number of aliphatic hydroxyl groups is 1. The summed E-state index contributed by atoms with van der Waals surface area (Å²) in [5.41, 5.74) is -0.667. The number of hydrogen-bond donors (Lipinski definition) is 1. The van der Waals surface area contributed by atoms with Crippen molar-refractivity contribution < 1.29 is 24.2 Å². The summed E-state index contributed by atoms with van der Waals surface area (Å²) < 4.78 is 9.73. The molecule has 1 amide bonds. The SMILES string of the molecule is COC(=O)[C@H]1CC[C@@H](O)N1C(=O)OC(C)(C)C. The second-order valence-electron chi connectivity index (χ2n) is 4.98. The molecule has 0 unspecified atom stereocenters. The molecule has 0 radical (unpaired) electrons. The van der Waals surface area contributed by atoms with Gasteiger partial charge in [0.1, 0.15) is 17.9 Å². The molecule has 1 rings (SSSR count). The Kier molecular flexibility index (Phi) is 3.98. The molecule has 98 valence electrons. The number of carbonyl (C=O) groups excluding carboxylic acids is 2. The van der Waals surface area contributed by atoms with Gasteiger partial charge in [0.25, 0.3) is 0 Å². The number of amides is 1. The molecule has 0 saturated carbocycles. The average molecular weight is 245 g/mol. The molecule has 0 aromatic carbocycles. The molecule has 0 aliphatic carbocycles. The summed E-state index contributed by atoms with van der Waals surface area (Å²) in [7, 11) is 1.25. The Balaban J connectivity index is 2.78. The Hall–Kier alpha value is -1.30. The second kappa shape index (κ2) is 4.91. The lowest BCUT2D eigenvalue weighted by Crippen LogP contribution is -2.47. The molecule has 2 atom stereocenters. The molecule has 0 spiro atoms. The van der Waals surface area contributed by atoms with Crippen LogP contribution in [0.15, 0.2) is 0 Å². The zero-order valence-corrected chi connectivity index (χ0v) is 10.6. The van der Waals surface area contributed by atoms with Crippen LogP contribution in [0.2, 0.25) is 0 Å². The standard InChI is InChI=1S/C11H19NO5/c1-11(2,3)17-10(15)12-7(9(14)16-4)5-6-8(12)13/h7-8,13H,5-6H2,1-4H3/t7-,8-/m1/s1. The van der Waals surface area contributed by atoms with Crippen LogP contribution in [0.5, 0.6) is 0 Å². The molecule has 0 aromatic rings. The van der Waals surface area contributed by atoms with E-state index < -0.39 is 29.9 Å². The number of ether oxygens (including phenoxy) is 2. The van der Waals surface area contributed by atoms with Gasteiger partial charge in [0, 0.05) is 0 Å². The molecule has 1 heterocycles. The summed E-state index contributed by atoms with van der Waals surface area (Å²) in [5.74, 6) is -0.535. The van der Waals surface area contributed by atoms with Gasteiger partial charge in [0.15, 0.2) is 0 Å². The van der Waals surface area contributed by atoms with E-state index in [-0.39, 0.29) is 0 Å². The number of rotatable bonds is 1. The van der Waals surface area contributed by atoms with Gasteiger partial charge in [0.2, 0.25) is 0 Å². The van der Waals surface area contributed by atoms with Crippen molar-refractivity contribution >= 4 is 12.1 Å². The fourth-order valence-corrected chi connectivity index (χ4v) is 1.72. The monoisotopic (exact) mass is 245 g/mol. The lowest BCUT2D eigenvalue weighted by atomic mass is 10.2. The van der Waals surface area contributed by atoms with E-state index in [4.69, 9.17) is 4.74 Å². The molecule has 0 aromatic heterocycles. The third kappa shape index (κ3) is 3.33. The predicted octanol–water partition coefficient (Wildman–Crippen LogP) is 0.877. The number of aliphatic hydroxyl groups excluding tert-OH is 1. The third-order valence-electron chi connectivity index (χ3n) is 2.43. The first-order chi connectivity index (χ1) is 7.76. The number of carbonyl (C=O) groups is 2. The molecule has 1 aliphatic heterocycles. The van der Waals surface area contributed by atoms with E-state index in [0.29, 0.717) is 12.8 Å². The van der Waals surface area contributed by atoms with Gasteiger partial charge in [0.05, 0.1) is 7.11 Å². The highest BCUT2D eigenvalue weighted by molar-refractivity contribution is 5.82. The minimum Gasteiger partial charge on any atom is -0.467 e. The van der Waals surface area contributed by atoms with Gasteiger partial charge in [-0.05, 0) is 33.6 Å². The highest BCUT2D eigenvalue weighted by atomic mass is 16.6. The first kappa shape index (κ1) is 13.8. The van der Waals surface area contributed by atoms with E-state index in [9.17, 15) is 14.7 Å². The Morgan fingerprint density at radius 1 is 1.29 bits per heavy atom. The van der Waals surface area contributed by atoms with Crippen LogP contribution in [-0.4, -0.2) is 47.0 Å². The van der Waals surface area contributed by atoms with Crippen LogP contribution in [0.1, 0.15) is 33.6 Å². The van der Waals surface area contributed by atoms with Crippen molar-refractivity contribution in [3.8, 4) is 0 Å². The molecular weight excluding hydrogens is 226 g/mol. The quantitative estimate of drug-likeness (QED) is 0.694. The van der Waals surface area contributed by atoms with Crippen LogP contribution in [-0.2, 0) is 14.3 Å². The van der Waals surface area contributed by atoms with Crippen LogP contribution in [0, 0.1) is 0 Å². The lowest BCUT2D eigenvalue weighted by molar-refractivity contribution is -0.147. The van der Waals surface area contributed by atoms with E-state index in [1.165, 1.54) is 7.11 Å². The van der Waals surface area contributed by atoms with Crippen molar-refractivity contribution in [2.75, 3.05) is 7.11 Å². The van der Waals surface area contributed by atoms with Crippen molar-refractivity contribution in [1.29, 1.82) is 0 Å². The van der Waals surface area contributed by atoms with E-state index >= 15 is 0 Å². The fourth-order valence-electron chi connectivity index (χ4n) is 1.72. The topological polar surface area (TPSA) is 76.1 Å². The summed E-state index contributed by atoms with van der Waals surface area (Å²) in [6.45, 7) is 5.17. The number of nitrogens with zero attached hydrogens (tertiary/aromatic N) is 1. The maximum absolute atomic E-state index is 11.8. The largest absolute Gasteiger partial charge is 0.467 e. The number of likely N-dealkylation sites (tertiary alicyclic amines) is 1. The molecule has 6 nitrogen and oxygen atoms in total. The van der Waals surface area contributed by atoms with Gasteiger partial charge in [-0.25, -0.2) is 9.59 Å². The smallest absolute Gasteiger partial charge is 0.413 e. The molecule has 1 aliphatic rings. The fraction of sp³-hybridized carbons (Fsp3) is 0.818. The van der Waals surface area contributed by atoms with Crippen molar-refractivity contribution in [2.24, 2.45) is 0 Å². The van der Waals surface area contributed by atoms with Gasteiger partial charge in [-0.3, -0.25) is 4.90 Å². The van der Waals surface area contributed by atoms with Gasteiger partial charge >= 0.3 is 12.1 Å². The van der Waals surface area contributed by atoms with E-state index in [1.54, 1.807) is 20.8 Å². The zero-order valence-electron chi connectivity index (χ0n) is 10.6. The molecular formula is C11H19NO5. The highest BCUT2D eigenvalue weighted by Gasteiger charge is 2.42. The van der Waals surface area contributed by atoms with Gasteiger partial charge in [-0.1, -0.05) is 0 Å². The second-order valence-corrected chi connectivity index (χ2v) is 4.98. The summed E-state index contributed by atoms with van der Waals surface area (Å²) in [6, 6.07) is -0.759. The van der Waals surface area contributed by atoms with Crippen LogP contribution >= 0.6 is 0 Å². The highest BCUT2D eigenvalue weighted by Crippen LogP contribution is 2.25. The Bertz CT molecular complexity index is 309. The minimum absolute atomic E-state index is 0.346. The minimum atomic E-state index is -0.992. The number of methoxy groups -OCH3 is 1. The molecule has 0 bridgehead atoms. The summed E-state index contributed by atoms with van der Waals surface area (Å²) in [5, 5.41) is 9.69. The van der Waals surface area contributed by atoms with Crippen LogP contribution in [0.25, 0.3) is 0 Å². The number of hydrogen-bond acceptors (Lipinski definition) is 5. The van der Waals surface area contributed by atoms with Crippen LogP contribution in [0.3, 0.4) is 0 Å². The van der Waals surface area contributed by atoms with Gasteiger partial charge < -0.3 is 14.6 Å². The molecule has 1 N–H and O–H groups in total. The molecule has 1 fully saturated rings. The first-order valence-corrected chi connectivity index (χ1v) is 5.53. The number of esters is 1. The summed E-state index contributed by atoms with van der Waals surface area (Å²) in [6.07, 6.45) is -0.960. The van der Waals surface area contributed by atoms with Gasteiger partial charge in [-0.2, -0.15) is 0 Å². The van der Waals surface area contributed by atoms with E-state index in [1.807, 2.05) is 0 Å². The molecule has 1 saturated heterocycles. The molecule has 6 heteroatoms. The summed E-state index contributed by atoms with van der Waals surface area (Å²) >= 11 is 0. The Morgan fingerprint density at radius 2 is 1.88 bits per heavy atom. The van der Waals surface area contributed by atoms with Crippen molar-refractivity contribution in [3.63, 3.8) is 0 Å². The Labute approximate surface area is 100 Å². The van der Waals surface area contributed by atoms with Crippen molar-refractivity contribution in [2.45, 2.75) is 51.5 Å².